The van der Waals surface area contributed by atoms with Gasteiger partial charge < -0.3 is 0 Å². The molecule has 0 N–H and O–H groups in total. The zero-order valence-corrected chi connectivity index (χ0v) is 34.8. The van der Waals surface area contributed by atoms with Crippen molar-refractivity contribution in [1.29, 1.82) is 0 Å². The van der Waals surface area contributed by atoms with Gasteiger partial charge in [0.15, 0.2) is 0 Å². The molecule has 0 aliphatic carbocycles. The van der Waals surface area contributed by atoms with Crippen molar-refractivity contribution in [3.63, 3.8) is 0 Å². The fourth-order valence-corrected chi connectivity index (χ4v) is 11.2. The van der Waals surface area contributed by atoms with E-state index in [2.05, 4.69) is 226 Å². The van der Waals surface area contributed by atoms with Crippen LogP contribution in [0, 0.1) is 34.6 Å². The zero-order chi connectivity index (χ0) is 35.7. The van der Waals surface area contributed by atoms with Crippen LogP contribution in [0.2, 0.25) is 0 Å². The van der Waals surface area contributed by atoms with Gasteiger partial charge in [0.2, 0.25) is 0 Å². The second kappa shape index (κ2) is 21.0. The second-order valence-electron chi connectivity index (χ2n) is 12.1. The number of rotatable bonds is 6. The minimum absolute atomic E-state index is 0.877. The van der Waals surface area contributed by atoms with Crippen LogP contribution in [0.3, 0.4) is 0 Å². The molecule has 0 saturated carbocycles. The molecule has 7 aromatic carbocycles. The molecule has 50 heavy (non-hydrogen) atoms. The van der Waals surface area contributed by atoms with E-state index in [9.17, 15) is 0 Å². The molecule has 0 unspecified atom stereocenters. The SMILES string of the molecule is Cc1c(C)c(C)[c-](C)c1C.[Cl][Os].c1ccc([PH+](c2ccccc2)c2ccccc2)cc1.c1ccc([PH+](c2ccccc2)c2ccccc2)cc1. The fourth-order valence-electron chi connectivity index (χ4n) is 6.04. The second-order valence-corrected chi connectivity index (χ2v) is 17.0. The average molecular weight is 888 g/mol. The molecule has 0 aromatic heterocycles. The molecule has 0 nitrogen and oxygen atoms in total. The molecule has 0 bridgehead atoms. The molecular formula is C46H47ClOsP2+. The first-order chi connectivity index (χ1) is 24.5. The molecule has 0 heterocycles. The summed E-state index contributed by atoms with van der Waals surface area (Å²) in [7, 11) is 2.91. The largest absolute Gasteiger partial charge is 0.102 e. The zero-order valence-electron chi connectivity index (χ0n) is 29.6. The van der Waals surface area contributed by atoms with Crippen molar-refractivity contribution in [1.82, 2.24) is 0 Å². The third-order valence-corrected chi connectivity index (χ3v) is 14.7. The molecule has 0 aliphatic rings. The van der Waals surface area contributed by atoms with Crippen molar-refractivity contribution in [3.8, 4) is 0 Å². The Labute approximate surface area is 317 Å². The molecule has 0 radical (unpaired) electrons. The minimum Gasteiger partial charge on any atom is -0.0620 e. The number of hydrogen-bond donors (Lipinski definition) is 0. The first-order valence-corrected chi connectivity index (χ1v) is 23.0. The fraction of sp³-hybridized carbons (Fsp3) is 0.109. The van der Waals surface area contributed by atoms with Gasteiger partial charge in [-0.05, 0) is 72.8 Å². The Balaban J connectivity index is 0.000000172. The van der Waals surface area contributed by atoms with Crippen LogP contribution in [-0.4, -0.2) is 0 Å². The maximum absolute atomic E-state index is 4.67. The van der Waals surface area contributed by atoms with Crippen LogP contribution in [-0.2, 0) is 17.6 Å². The Kier molecular flexibility index (Phi) is 16.5. The van der Waals surface area contributed by atoms with Gasteiger partial charge in [0.1, 0.15) is 31.8 Å². The van der Waals surface area contributed by atoms with Crippen LogP contribution < -0.4 is 31.8 Å². The minimum atomic E-state index is -0.877. The van der Waals surface area contributed by atoms with Crippen LogP contribution in [0.1, 0.15) is 27.8 Å². The molecule has 0 spiro atoms. The number of hydrogen-bond acceptors (Lipinski definition) is 0. The number of halogens is 1. The maximum atomic E-state index is 4.67. The van der Waals surface area contributed by atoms with E-state index >= 15 is 0 Å². The van der Waals surface area contributed by atoms with Crippen molar-refractivity contribution >= 4 is 57.3 Å². The van der Waals surface area contributed by atoms with E-state index in [0.29, 0.717) is 0 Å². The quantitative estimate of drug-likeness (QED) is 0.115. The summed E-state index contributed by atoms with van der Waals surface area (Å²) in [6.07, 6.45) is 0. The van der Waals surface area contributed by atoms with Crippen LogP contribution in [0.25, 0.3) is 0 Å². The molecule has 0 fully saturated rings. The standard InChI is InChI=1S/2C18H15P.C10H15.ClH.Os/c2*1-4-10-16(11-5-1)19(17-12-6-2-7-13-17)18-14-8-3-9-15-18;1-6-7(2)9(4)10(5)8(6)3;;/h2*1-15H;1-5H3;1H;/q;;-1;;+1/p+1. The molecule has 7 rings (SSSR count). The van der Waals surface area contributed by atoms with Gasteiger partial charge in [-0.15, -0.1) is 0 Å². The maximum Gasteiger partial charge on any atom is 0.102 e. The summed E-state index contributed by atoms with van der Waals surface area (Å²) in [5.74, 6) is 0. The molecule has 0 atom stereocenters. The summed E-state index contributed by atoms with van der Waals surface area (Å²) < 4.78 is 0. The predicted molar refractivity (Wildman–Crippen MR) is 225 cm³/mol. The van der Waals surface area contributed by atoms with Crippen LogP contribution >= 0.6 is 25.5 Å². The first-order valence-electron chi connectivity index (χ1n) is 16.8. The molecule has 0 aliphatic heterocycles. The molecule has 0 saturated heterocycles. The van der Waals surface area contributed by atoms with Crippen LogP contribution in [0.5, 0.6) is 0 Å². The van der Waals surface area contributed by atoms with Gasteiger partial charge in [0.05, 0.1) is 15.8 Å². The van der Waals surface area contributed by atoms with E-state index in [-0.39, 0.29) is 0 Å². The molecule has 255 valence electrons. The van der Waals surface area contributed by atoms with Crippen molar-refractivity contribution in [2.75, 3.05) is 0 Å². The summed E-state index contributed by atoms with van der Waals surface area (Å²) in [6.45, 7) is 11.0. The molecule has 7 aromatic rings. The van der Waals surface area contributed by atoms with Crippen molar-refractivity contribution in [3.05, 3.63) is 210 Å². The molecule has 4 heteroatoms. The van der Waals surface area contributed by atoms with Crippen molar-refractivity contribution in [2.45, 2.75) is 34.6 Å². The summed E-state index contributed by atoms with van der Waals surface area (Å²) in [5, 5.41) is 8.61. The number of benzene rings is 6. The van der Waals surface area contributed by atoms with Crippen LogP contribution in [0.4, 0.5) is 0 Å². The van der Waals surface area contributed by atoms with E-state index in [4.69, 9.17) is 0 Å². The van der Waals surface area contributed by atoms with Gasteiger partial charge in [-0.1, -0.05) is 144 Å². The Morgan fingerprint density at radius 3 is 0.620 bits per heavy atom. The van der Waals surface area contributed by atoms with Gasteiger partial charge in [-0.2, -0.15) is 27.8 Å². The Morgan fingerprint density at radius 1 is 0.340 bits per heavy atom. The van der Waals surface area contributed by atoms with Crippen LogP contribution in [0.15, 0.2) is 182 Å². The molecular weight excluding hydrogens is 840 g/mol. The van der Waals surface area contributed by atoms with E-state index in [1.54, 1.807) is 0 Å². The van der Waals surface area contributed by atoms with Gasteiger partial charge in [-0.3, -0.25) is 0 Å². The Bertz CT molecular complexity index is 1560. The summed E-state index contributed by atoms with van der Waals surface area (Å²) >= 11 is 1.33. The first kappa shape index (κ1) is 39.2. The van der Waals surface area contributed by atoms with E-state index in [1.807, 2.05) is 0 Å². The monoisotopic (exact) mass is 888 g/mol. The average Bonchev–Trinajstić information content (AvgIpc) is 3.36. The van der Waals surface area contributed by atoms with E-state index < -0.39 is 15.8 Å². The van der Waals surface area contributed by atoms with Gasteiger partial charge in [0.25, 0.3) is 0 Å². The van der Waals surface area contributed by atoms with Crippen molar-refractivity contribution < 1.29 is 17.6 Å². The Morgan fingerprint density at radius 2 is 0.500 bits per heavy atom. The Hall–Kier alpha value is -3.54. The van der Waals surface area contributed by atoms with Gasteiger partial charge >= 0.3 is 27.2 Å². The normalized spacial score (nSPS) is 10.3. The summed E-state index contributed by atoms with van der Waals surface area (Å²) in [5.41, 5.74) is 7.34. The van der Waals surface area contributed by atoms with Gasteiger partial charge in [0, 0.05) is 0 Å². The third kappa shape index (κ3) is 10.7. The summed E-state index contributed by atoms with van der Waals surface area (Å²) in [4.78, 5) is 0. The third-order valence-electron chi connectivity index (χ3n) is 9.19. The van der Waals surface area contributed by atoms with Crippen molar-refractivity contribution in [2.24, 2.45) is 0 Å². The van der Waals surface area contributed by atoms with E-state index in [0.717, 1.165) is 0 Å². The smallest absolute Gasteiger partial charge is 0.0620 e. The topological polar surface area (TPSA) is 0 Å². The predicted octanol–water partition coefficient (Wildman–Crippen LogP) is 9.99. The molecule has 0 amide bonds. The summed E-state index contributed by atoms with van der Waals surface area (Å²) in [6, 6.07) is 65.0. The van der Waals surface area contributed by atoms with Gasteiger partial charge in [-0.25, -0.2) is 0 Å². The van der Waals surface area contributed by atoms with E-state index in [1.165, 1.54) is 77.2 Å².